The van der Waals surface area contributed by atoms with E-state index in [4.69, 9.17) is 13.8 Å². The highest BCUT2D eigenvalue weighted by atomic mass is 31.2. The lowest BCUT2D eigenvalue weighted by molar-refractivity contribution is -0.870. The molecule has 3 atom stereocenters. The third-order valence-corrected chi connectivity index (χ3v) is 16.5. The standard InChI is InChI=1S/C69H133N2O7P/c1-7-10-13-16-19-22-25-28-30-32-34-35-37-39-41-44-47-50-53-56-59-62-69(73)78-67(60-57-54-51-48-45-42-27-24-21-18-15-12-9-3)66(65-77-79(74,75)76-64-63-71(4,5)6)70-68(72)61-58-55-52-49-46-43-40-38-36-33-31-29-26-23-20-17-14-11-8-2/h28-31,57,60,66-67H,7-27,32-56,58-59,61-65H2,1-6H3,(H-,70,72,74,75)/b30-28+,31-29+,60-57+. The molecule has 0 saturated heterocycles. The Hall–Kier alpha value is -1.77. The molecule has 0 aromatic carbocycles. The minimum Gasteiger partial charge on any atom is -0.756 e. The van der Waals surface area contributed by atoms with Gasteiger partial charge in [0.1, 0.15) is 19.3 Å². The second-order valence-corrected chi connectivity index (χ2v) is 26.1. The van der Waals surface area contributed by atoms with Gasteiger partial charge >= 0.3 is 5.97 Å². The van der Waals surface area contributed by atoms with Gasteiger partial charge < -0.3 is 28.5 Å². The van der Waals surface area contributed by atoms with Crippen LogP contribution in [-0.2, 0) is 27.9 Å². The van der Waals surface area contributed by atoms with Crippen LogP contribution < -0.4 is 10.2 Å². The molecule has 0 aliphatic carbocycles. The number of phosphoric acid groups is 1. The number of hydrogen-bond acceptors (Lipinski definition) is 7. The van der Waals surface area contributed by atoms with E-state index in [1.165, 1.54) is 250 Å². The van der Waals surface area contributed by atoms with Crippen LogP contribution in [0.3, 0.4) is 0 Å². The van der Waals surface area contributed by atoms with Crippen molar-refractivity contribution in [2.75, 3.05) is 40.9 Å². The van der Waals surface area contributed by atoms with E-state index in [1.54, 1.807) is 0 Å². The number of unbranched alkanes of at least 4 members (excludes halogenated alkanes) is 43. The molecule has 79 heavy (non-hydrogen) atoms. The molecule has 0 heterocycles. The van der Waals surface area contributed by atoms with Gasteiger partial charge in [-0.25, -0.2) is 0 Å². The molecule has 0 aliphatic rings. The zero-order valence-electron chi connectivity index (χ0n) is 53.3. The Morgan fingerprint density at radius 1 is 0.430 bits per heavy atom. The molecule has 0 radical (unpaired) electrons. The van der Waals surface area contributed by atoms with Gasteiger partial charge in [-0.1, -0.05) is 282 Å². The number of quaternary nitrogens is 1. The van der Waals surface area contributed by atoms with Crippen LogP contribution in [0.2, 0.25) is 0 Å². The topological polar surface area (TPSA) is 114 Å². The molecule has 9 nitrogen and oxygen atoms in total. The van der Waals surface area contributed by atoms with Crippen molar-refractivity contribution in [2.24, 2.45) is 0 Å². The molecular formula is C69H133N2O7P. The van der Waals surface area contributed by atoms with Crippen LogP contribution in [0.1, 0.15) is 342 Å². The summed E-state index contributed by atoms with van der Waals surface area (Å²) >= 11 is 0. The fourth-order valence-electron chi connectivity index (χ4n) is 10.2. The van der Waals surface area contributed by atoms with Crippen molar-refractivity contribution in [1.29, 1.82) is 0 Å². The first-order chi connectivity index (χ1) is 38.4. The number of phosphoric ester groups is 1. The Morgan fingerprint density at radius 2 is 0.734 bits per heavy atom. The van der Waals surface area contributed by atoms with Gasteiger partial charge in [-0.05, 0) is 83.1 Å². The van der Waals surface area contributed by atoms with Crippen LogP contribution in [0, 0.1) is 0 Å². The van der Waals surface area contributed by atoms with Gasteiger partial charge in [-0.3, -0.25) is 14.2 Å². The summed E-state index contributed by atoms with van der Waals surface area (Å²) in [5.41, 5.74) is 0. The number of carbonyl (C=O) groups is 2. The summed E-state index contributed by atoms with van der Waals surface area (Å²) in [5, 5.41) is 3.04. The molecular weight excluding hydrogens is 1000 g/mol. The van der Waals surface area contributed by atoms with Gasteiger partial charge in [-0.15, -0.1) is 0 Å². The van der Waals surface area contributed by atoms with E-state index in [-0.39, 0.29) is 31.5 Å². The zero-order chi connectivity index (χ0) is 57.9. The molecule has 3 unspecified atom stereocenters. The normalized spacial score (nSPS) is 13.8. The number of carbonyl (C=O) groups excluding carboxylic acids is 2. The summed E-state index contributed by atoms with van der Waals surface area (Å²) < 4.78 is 30.4. The molecule has 0 rings (SSSR count). The number of amides is 1. The number of likely N-dealkylation sites (N-methyl/N-ethyl adjacent to an activating group) is 1. The molecule has 0 saturated carbocycles. The smallest absolute Gasteiger partial charge is 0.306 e. The van der Waals surface area contributed by atoms with Gasteiger partial charge in [-0.2, -0.15) is 0 Å². The largest absolute Gasteiger partial charge is 0.756 e. The Bertz CT molecular complexity index is 1450. The quantitative estimate of drug-likeness (QED) is 0.0212. The van der Waals surface area contributed by atoms with Gasteiger partial charge in [0.05, 0.1) is 33.8 Å². The minimum absolute atomic E-state index is 0.0206. The fourth-order valence-corrected chi connectivity index (χ4v) is 10.9. The predicted octanol–water partition coefficient (Wildman–Crippen LogP) is 20.8. The summed E-state index contributed by atoms with van der Waals surface area (Å²) in [6, 6.07) is -0.887. The van der Waals surface area contributed by atoms with Gasteiger partial charge in [0, 0.05) is 12.8 Å². The third kappa shape index (κ3) is 60.6. The highest BCUT2D eigenvalue weighted by Gasteiger charge is 2.27. The van der Waals surface area contributed by atoms with Crippen molar-refractivity contribution >= 4 is 19.7 Å². The number of nitrogens with zero attached hydrogens (tertiary/aromatic N) is 1. The van der Waals surface area contributed by atoms with E-state index in [9.17, 15) is 19.0 Å². The maximum absolute atomic E-state index is 13.6. The van der Waals surface area contributed by atoms with Crippen LogP contribution in [0.5, 0.6) is 0 Å². The van der Waals surface area contributed by atoms with Crippen molar-refractivity contribution < 1.29 is 37.3 Å². The molecule has 0 aromatic rings. The molecule has 0 bridgehead atoms. The summed E-state index contributed by atoms with van der Waals surface area (Å²) in [5.74, 6) is -0.528. The Balaban J connectivity index is 5.16. The molecule has 10 heteroatoms. The summed E-state index contributed by atoms with van der Waals surface area (Å²) in [6.45, 7) is 6.89. The van der Waals surface area contributed by atoms with Crippen molar-refractivity contribution in [1.82, 2.24) is 5.32 Å². The first kappa shape index (κ1) is 77.2. The van der Waals surface area contributed by atoms with Gasteiger partial charge in [0.15, 0.2) is 0 Å². The first-order valence-electron chi connectivity index (χ1n) is 34.3. The van der Waals surface area contributed by atoms with Crippen LogP contribution >= 0.6 is 7.82 Å². The zero-order valence-corrected chi connectivity index (χ0v) is 54.2. The van der Waals surface area contributed by atoms with Gasteiger partial charge in [0.2, 0.25) is 5.91 Å². The second-order valence-electron chi connectivity index (χ2n) is 24.7. The van der Waals surface area contributed by atoms with Crippen LogP contribution in [-0.4, -0.2) is 69.4 Å². The first-order valence-corrected chi connectivity index (χ1v) is 35.8. The van der Waals surface area contributed by atoms with Crippen LogP contribution in [0.15, 0.2) is 36.5 Å². The number of nitrogens with one attached hydrogen (secondary N) is 1. The Kier molecular flexibility index (Phi) is 58.1. The lowest BCUT2D eigenvalue weighted by Crippen LogP contribution is -2.47. The monoisotopic (exact) mass is 1130 g/mol. The van der Waals surface area contributed by atoms with E-state index in [0.29, 0.717) is 17.4 Å². The molecule has 0 spiro atoms. The average molecular weight is 1130 g/mol. The highest BCUT2D eigenvalue weighted by Crippen LogP contribution is 2.38. The van der Waals surface area contributed by atoms with E-state index < -0.39 is 20.0 Å². The number of ether oxygens (including phenoxy) is 1. The van der Waals surface area contributed by atoms with E-state index >= 15 is 0 Å². The number of rotatable bonds is 63. The highest BCUT2D eigenvalue weighted by molar-refractivity contribution is 7.45. The minimum atomic E-state index is -4.70. The van der Waals surface area contributed by atoms with Gasteiger partial charge in [0.25, 0.3) is 7.82 Å². The second kappa shape index (κ2) is 59.4. The Labute approximate surface area is 491 Å². The van der Waals surface area contributed by atoms with Crippen molar-refractivity contribution in [2.45, 2.75) is 354 Å². The maximum atomic E-state index is 13.6. The molecule has 1 N–H and O–H groups in total. The maximum Gasteiger partial charge on any atom is 0.306 e. The molecule has 466 valence electrons. The summed E-state index contributed by atoms with van der Waals surface area (Å²) in [7, 11) is 1.20. The molecule has 0 fully saturated rings. The average Bonchev–Trinajstić information content (AvgIpc) is 3.41. The molecule has 0 aliphatic heterocycles. The lowest BCUT2D eigenvalue weighted by Gasteiger charge is -2.30. The van der Waals surface area contributed by atoms with Crippen molar-refractivity contribution in [3.05, 3.63) is 36.5 Å². The summed E-state index contributed by atoms with van der Waals surface area (Å²) in [6.07, 6.45) is 72.5. The number of hydrogen-bond donors (Lipinski definition) is 1. The van der Waals surface area contributed by atoms with E-state index in [2.05, 4.69) is 50.4 Å². The number of esters is 1. The van der Waals surface area contributed by atoms with E-state index in [1.807, 2.05) is 33.3 Å². The number of allylic oxidation sites excluding steroid dienone is 5. The SMILES string of the molecule is CCCCCCCC/C=C/CCCCCCCCCCCCCC(=O)OC(/C=C/CCCCCCCCCCCCC)C(COP(=O)([O-])OCC[N+](C)(C)C)NC(=O)CCCCCCCCCCC/C=C/CCCCCCCC. The fraction of sp³-hybridized carbons (Fsp3) is 0.884. The lowest BCUT2D eigenvalue weighted by atomic mass is 10.0. The van der Waals surface area contributed by atoms with Crippen LogP contribution in [0.25, 0.3) is 0 Å². The molecule has 0 aromatic heterocycles. The molecule has 1 amide bonds. The van der Waals surface area contributed by atoms with Crippen molar-refractivity contribution in [3.63, 3.8) is 0 Å². The van der Waals surface area contributed by atoms with Crippen LogP contribution in [0.4, 0.5) is 0 Å². The van der Waals surface area contributed by atoms with Crippen molar-refractivity contribution in [3.8, 4) is 0 Å². The Morgan fingerprint density at radius 3 is 1.08 bits per heavy atom. The van der Waals surface area contributed by atoms with E-state index in [0.717, 1.165) is 57.8 Å². The predicted molar refractivity (Wildman–Crippen MR) is 340 cm³/mol. The third-order valence-electron chi connectivity index (χ3n) is 15.5. The summed E-state index contributed by atoms with van der Waals surface area (Å²) in [4.78, 5) is 40.1.